The molecule has 0 amide bonds. The maximum Gasteiger partial charge on any atom is -0.0169 e. The van der Waals surface area contributed by atoms with Gasteiger partial charge < -0.3 is 0 Å². The molecule has 0 heterocycles. The Bertz CT molecular complexity index is 518. The molecule has 0 N–H and O–H groups in total. The molecule has 0 atom stereocenters. The van der Waals surface area contributed by atoms with Gasteiger partial charge in [0, 0.05) is 0 Å². The molecule has 0 spiro atoms. The van der Waals surface area contributed by atoms with Gasteiger partial charge in [0.15, 0.2) is 0 Å². The molecule has 18 heavy (non-hydrogen) atoms. The van der Waals surface area contributed by atoms with E-state index in [0.29, 0.717) is 0 Å². The molecule has 0 aliphatic rings. The van der Waals surface area contributed by atoms with Crippen LogP contribution in [0.4, 0.5) is 0 Å². The second kappa shape index (κ2) is 5.24. The van der Waals surface area contributed by atoms with E-state index in [1.54, 1.807) is 0 Å². The predicted octanol–water partition coefficient (Wildman–Crippen LogP) is 3.98. The molecule has 0 saturated heterocycles. The van der Waals surface area contributed by atoms with Crippen LogP contribution in [0.3, 0.4) is 0 Å². The summed E-state index contributed by atoms with van der Waals surface area (Å²) in [6.07, 6.45) is 0. The normalized spacial score (nSPS) is 11.0. The third-order valence-corrected chi connectivity index (χ3v) is 5.88. The van der Waals surface area contributed by atoms with E-state index in [1.807, 2.05) is 0 Å². The number of benzene rings is 2. The molecule has 0 unspecified atom stereocenters. The van der Waals surface area contributed by atoms with E-state index >= 15 is 0 Å². The molecular formula is C17H21P. The average Bonchev–Trinajstić information content (AvgIpc) is 2.28. The summed E-state index contributed by atoms with van der Waals surface area (Å²) in [6.45, 7) is 11.1. The molecule has 2 aromatic rings. The molecule has 0 saturated carbocycles. The lowest BCUT2D eigenvalue weighted by molar-refractivity contribution is 1.40. The zero-order valence-corrected chi connectivity index (χ0v) is 12.8. The van der Waals surface area contributed by atoms with E-state index < -0.39 is 0 Å². The Labute approximate surface area is 112 Å². The summed E-state index contributed by atoms with van der Waals surface area (Å²) in [4.78, 5) is 0. The minimum Gasteiger partial charge on any atom is -0.0587 e. The Balaban J connectivity index is 2.44. The van der Waals surface area contributed by atoms with Gasteiger partial charge in [-0.05, 0) is 64.0 Å². The number of hydrogen-bond donors (Lipinski definition) is 0. The first kappa shape index (κ1) is 13.3. The first-order valence-electron chi connectivity index (χ1n) is 6.37. The van der Waals surface area contributed by atoms with E-state index in [4.69, 9.17) is 0 Å². The van der Waals surface area contributed by atoms with Crippen LogP contribution in [0.1, 0.15) is 22.3 Å². The molecular weight excluding hydrogens is 235 g/mol. The van der Waals surface area contributed by atoms with Crippen LogP contribution < -0.4 is 10.6 Å². The van der Waals surface area contributed by atoms with Gasteiger partial charge in [0.25, 0.3) is 0 Å². The van der Waals surface area contributed by atoms with Crippen molar-refractivity contribution in [3.63, 3.8) is 0 Å². The lowest BCUT2D eigenvalue weighted by Gasteiger charge is -2.18. The van der Waals surface area contributed by atoms with E-state index in [9.17, 15) is 0 Å². The molecule has 0 aliphatic heterocycles. The SMILES string of the molecule is Cc1ccc(P(C)c2ccc(C)cc2C)c(C)c1. The van der Waals surface area contributed by atoms with Crippen molar-refractivity contribution in [2.45, 2.75) is 27.7 Å². The van der Waals surface area contributed by atoms with Crippen molar-refractivity contribution >= 4 is 18.5 Å². The smallest absolute Gasteiger partial charge is 0.0169 e. The highest BCUT2D eigenvalue weighted by atomic mass is 31.1. The van der Waals surface area contributed by atoms with Crippen LogP contribution in [-0.2, 0) is 0 Å². The van der Waals surface area contributed by atoms with Gasteiger partial charge in [-0.25, -0.2) is 0 Å². The van der Waals surface area contributed by atoms with Crippen molar-refractivity contribution in [1.29, 1.82) is 0 Å². The molecule has 1 heteroatoms. The van der Waals surface area contributed by atoms with Crippen LogP contribution in [0.15, 0.2) is 36.4 Å². The van der Waals surface area contributed by atoms with Crippen molar-refractivity contribution in [3.05, 3.63) is 58.7 Å². The molecule has 0 radical (unpaired) electrons. The Hall–Kier alpha value is -1.13. The molecule has 0 aliphatic carbocycles. The van der Waals surface area contributed by atoms with Crippen LogP contribution in [-0.4, -0.2) is 6.66 Å². The molecule has 0 aromatic heterocycles. The van der Waals surface area contributed by atoms with Crippen molar-refractivity contribution in [2.24, 2.45) is 0 Å². The standard InChI is InChI=1S/C17H21P/c1-12-6-8-16(14(3)10-12)18(5)17-9-7-13(2)11-15(17)4/h6-11H,1-5H3. The van der Waals surface area contributed by atoms with Gasteiger partial charge in [0.05, 0.1) is 0 Å². The van der Waals surface area contributed by atoms with Gasteiger partial charge >= 0.3 is 0 Å². The van der Waals surface area contributed by atoms with Gasteiger partial charge in [-0.15, -0.1) is 0 Å². The topological polar surface area (TPSA) is 0 Å². The molecule has 94 valence electrons. The number of rotatable bonds is 2. The molecule has 2 aromatic carbocycles. The summed E-state index contributed by atoms with van der Waals surface area (Å²) in [5, 5.41) is 3.00. The highest BCUT2D eigenvalue weighted by Gasteiger charge is 2.12. The Morgan fingerprint density at radius 3 is 1.39 bits per heavy atom. The van der Waals surface area contributed by atoms with Crippen LogP contribution in [0.5, 0.6) is 0 Å². The van der Waals surface area contributed by atoms with E-state index in [2.05, 4.69) is 70.8 Å². The van der Waals surface area contributed by atoms with Crippen molar-refractivity contribution < 1.29 is 0 Å². The number of aryl methyl sites for hydroxylation is 4. The molecule has 2 rings (SSSR count). The van der Waals surface area contributed by atoms with Crippen LogP contribution in [0.2, 0.25) is 0 Å². The zero-order valence-electron chi connectivity index (χ0n) is 11.9. The Morgan fingerprint density at radius 2 is 1.06 bits per heavy atom. The second-order valence-electron chi connectivity index (χ2n) is 5.14. The summed E-state index contributed by atoms with van der Waals surface area (Å²) in [6, 6.07) is 13.6. The zero-order chi connectivity index (χ0) is 13.3. The van der Waals surface area contributed by atoms with E-state index in [-0.39, 0.29) is 7.92 Å². The van der Waals surface area contributed by atoms with Gasteiger partial charge in [-0.3, -0.25) is 0 Å². The van der Waals surface area contributed by atoms with Gasteiger partial charge in [0.2, 0.25) is 0 Å². The lowest BCUT2D eigenvalue weighted by atomic mass is 10.2. The Morgan fingerprint density at radius 1 is 0.667 bits per heavy atom. The minimum atomic E-state index is -0.237. The minimum absolute atomic E-state index is 0.237. The first-order chi connectivity index (χ1) is 8.49. The Kier molecular flexibility index (Phi) is 3.88. The number of hydrogen-bond acceptors (Lipinski definition) is 0. The lowest BCUT2D eigenvalue weighted by Crippen LogP contribution is -2.16. The van der Waals surface area contributed by atoms with Crippen molar-refractivity contribution in [1.82, 2.24) is 0 Å². The highest BCUT2D eigenvalue weighted by molar-refractivity contribution is 7.72. The quantitative estimate of drug-likeness (QED) is 0.713. The van der Waals surface area contributed by atoms with Gasteiger partial charge in [0.1, 0.15) is 0 Å². The highest BCUT2D eigenvalue weighted by Crippen LogP contribution is 2.31. The molecule has 0 bridgehead atoms. The largest absolute Gasteiger partial charge is 0.0587 e. The fraction of sp³-hybridized carbons (Fsp3) is 0.294. The fourth-order valence-corrected chi connectivity index (χ4v) is 4.54. The maximum absolute atomic E-state index is 2.37. The van der Waals surface area contributed by atoms with Crippen LogP contribution in [0, 0.1) is 27.7 Å². The molecule has 0 nitrogen and oxygen atoms in total. The fourth-order valence-electron chi connectivity index (χ4n) is 2.49. The third-order valence-electron chi connectivity index (χ3n) is 3.43. The van der Waals surface area contributed by atoms with Crippen molar-refractivity contribution in [3.8, 4) is 0 Å². The molecule has 0 fully saturated rings. The van der Waals surface area contributed by atoms with E-state index in [0.717, 1.165) is 0 Å². The maximum atomic E-state index is 2.37. The summed E-state index contributed by atoms with van der Waals surface area (Å²) in [5.41, 5.74) is 5.53. The van der Waals surface area contributed by atoms with Gasteiger partial charge in [-0.2, -0.15) is 0 Å². The first-order valence-corrected chi connectivity index (χ1v) is 8.16. The average molecular weight is 256 g/mol. The van der Waals surface area contributed by atoms with E-state index in [1.165, 1.54) is 32.9 Å². The van der Waals surface area contributed by atoms with Gasteiger partial charge in [-0.1, -0.05) is 47.5 Å². The second-order valence-corrected chi connectivity index (χ2v) is 7.22. The predicted molar refractivity (Wildman–Crippen MR) is 83.9 cm³/mol. The van der Waals surface area contributed by atoms with Crippen molar-refractivity contribution in [2.75, 3.05) is 6.66 Å². The monoisotopic (exact) mass is 256 g/mol. The van der Waals surface area contributed by atoms with Crippen LogP contribution >= 0.6 is 7.92 Å². The summed E-state index contributed by atoms with van der Waals surface area (Å²) in [5.74, 6) is 0. The summed E-state index contributed by atoms with van der Waals surface area (Å²) in [7, 11) is -0.237. The van der Waals surface area contributed by atoms with Crippen LogP contribution in [0.25, 0.3) is 0 Å². The summed E-state index contributed by atoms with van der Waals surface area (Å²) < 4.78 is 0. The third kappa shape index (κ3) is 2.65. The summed E-state index contributed by atoms with van der Waals surface area (Å²) >= 11 is 0.